The fourth-order valence-electron chi connectivity index (χ4n) is 5.31. The van der Waals surface area contributed by atoms with E-state index in [-0.39, 0.29) is 12.1 Å². The number of hydrogen-bond donors (Lipinski definition) is 1. The predicted molar refractivity (Wildman–Crippen MR) is 151 cm³/mol. The number of pyridine rings is 1. The van der Waals surface area contributed by atoms with Crippen LogP contribution < -0.4 is 10.2 Å². The van der Waals surface area contributed by atoms with Gasteiger partial charge in [-0.3, -0.25) is 4.98 Å². The van der Waals surface area contributed by atoms with Gasteiger partial charge in [-0.2, -0.15) is 0 Å². The molecule has 0 bridgehead atoms. The predicted octanol–water partition coefficient (Wildman–Crippen LogP) is 7.30. The Labute approximate surface area is 221 Å². The second-order valence-corrected chi connectivity index (χ2v) is 10.4. The van der Waals surface area contributed by atoms with Crippen molar-refractivity contribution >= 4 is 38.9 Å². The van der Waals surface area contributed by atoms with Crippen molar-refractivity contribution in [3.8, 4) is 5.69 Å². The molecule has 1 N–H and O–H groups in total. The van der Waals surface area contributed by atoms with Crippen molar-refractivity contribution < 1.29 is 0 Å². The van der Waals surface area contributed by atoms with Crippen molar-refractivity contribution in [1.82, 2.24) is 14.9 Å². The molecule has 0 aliphatic carbocycles. The number of para-hydroxylation sites is 1. The van der Waals surface area contributed by atoms with Crippen molar-refractivity contribution in [3.63, 3.8) is 0 Å². The zero-order valence-corrected chi connectivity index (χ0v) is 22.8. The Balaban J connectivity index is 1.71. The molecule has 2 aromatic heterocycles. The highest BCUT2D eigenvalue weighted by Crippen LogP contribution is 2.44. The largest absolute Gasteiger partial charge is 0.351 e. The van der Waals surface area contributed by atoms with Crippen LogP contribution in [0.25, 0.3) is 5.69 Å². The molecular weight excluding hydrogens is 516 g/mol. The van der Waals surface area contributed by atoms with E-state index in [1.807, 2.05) is 18.3 Å². The molecule has 1 saturated heterocycles. The van der Waals surface area contributed by atoms with Crippen LogP contribution in [0.3, 0.4) is 0 Å². The van der Waals surface area contributed by atoms with E-state index in [4.69, 9.17) is 17.2 Å². The van der Waals surface area contributed by atoms with Gasteiger partial charge in [-0.15, -0.1) is 0 Å². The number of rotatable bonds is 5. The molecular formula is C29H29BrN4S. The standard InChI is InChI=1S/C29H29BrN4S/c1-5-21-10-8-9-18(2)27(21)33-19(3)17-24(20(33)4)28-26(25-11-6-7-16-31-25)32-29(35)34(28)23-14-12-22(30)13-15-23/h6-17,26,28H,5H2,1-4H3,(H,32,35)/t26-,28-/m0/s1. The van der Waals surface area contributed by atoms with Crippen LogP contribution in [0.1, 0.15) is 52.8 Å². The van der Waals surface area contributed by atoms with Crippen LogP contribution in [0.4, 0.5) is 5.69 Å². The van der Waals surface area contributed by atoms with Gasteiger partial charge in [0.15, 0.2) is 5.11 Å². The molecule has 5 rings (SSSR count). The third kappa shape index (κ3) is 4.19. The number of aromatic nitrogens is 2. The van der Waals surface area contributed by atoms with Gasteiger partial charge >= 0.3 is 0 Å². The molecule has 0 radical (unpaired) electrons. The van der Waals surface area contributed by atoms with E-state index in [0.717, 1.165) is 22.3 Å². The summed E-state index contributed by atoms with van der Waals surface area (Å²) in [4.78, 5) is 6.95. The molecule has 4 nitrogen and oxygen atoms in total. The Hall–Kier alpha value is -2.96. The lowest BCUT2D eigenvalue weighted by Gasteiger charge is -2.28. The third-order valence-corrected chi connectivity index (χ3v) is 7.76. The van der Waals surface area contributed by atoms with Gasteiger partial charge < -0.3 is 14.8 Å². The van der Waals surface area contributed by atoms with Crippen LogP contribution in [-0.4, -0.2) is 14.7 Å². The summed E-state index contributed by atoms with van der Waals surface area (Å²) in [6.07, 6.45) is 2.84. The van der Waals surface area contributed by atoms with E-state index in [9.17, 15) is 0 Å². The second-order valence-electron chi connectivity index (χ2n) is 9.07. The summed E-state index contributed by atoms with van der Waals surface area (Å²) < 4.78 is 3.46. The zero-order valence-electron chi connectivity index (χ0n) is 20.4. The van der Waals surface area contributed by atoms with Crippen LogP contribution in [0.15, 0.2) is 77.4 Å². The Kier molecular flexibility index (Phi) is 6.51. The minimum absolute atomic E-state index is 0.0346. The smallest absolute Gasteiger partial charge is 0.174 e. The molecule has 0 amide bonds. The molecule has 1 fully saturated rings. The fraction of sp³-hybridized carbons (Fsp3) is 0.241. The van der Waals surface area contributed by atoms with E-state index in [0.29, 0.717) is 5.11 Å². The molecule has 1 aliphatic heterocycles. The summed E-state index contributed by atoms with van der Waals surface area (Å²) in [5, 5.41) is 4.30. The average Bonchev–Trinajstić information content (AvgIpc) is 3.35. The Morgan fingerprint density at radius 1 is 1.00 bits per heavy atom. The fourth-order valence-corrected chi connectivity index (χ4v) is 5.92. The van der Waals surface area contributed by atoms with E-state index >= 15 is 0 Å². The van der Waals surface area contributed by atoms with Gasteiger partial charge in [-0.05, 0) is 98.6 Å². The molecule has 4 aromatic rings. The monoisotopic (exact) mass is 544 g/mol. The highest BCUT2D eigenvalue weighted by atomic mass is 79.9. The highest BCUT2D eigenvalue weighted by molar-refractivity contribution is 9.10. The first-order valence-electron chi connectivity index (χ1n) is 11.9. The summed E-state index contributed by atoms with van der Waals surface area (Å²) in [5.41, 5.74) is 9.65. The van der Waals surface area contributed by atoms with Crippen molar-refractivity contribution in [2.45, 2.75) is 46.2 Å². The molecule has 0 unspecified atom stereocenters. The molecule has 3 heterocycles. The van der Waals surface area contributed by atoms with Gasteiger partial charge in [0.25, 0.3) is 0 Å². The van der Waals surface area contributed by atoms with Gasteiger partial charge in [-0.25, -0.2) is 0 Å². The van der Waals surface area contributed by atoms with E-state index in [1.54, 1.807) is 0 Å². The van der Waals surface area contributed by atoms with Gasteiger partial charge in [-0.1, -0.05) is 47.1 Å². The Morgan fingerprint density at radius 3 is 2.46 bits per heavy atom. The van der Waals surface area contributed by atoms with Gasteiger partial charge in [0.1, 0.15) is 0 Å². The zero-order chi connectivity index (χ0) is 24.7. The second kappa shape index (κ2) is 9.59. The Morgan fingerprint density at radius 2 is 1.77 bits per heavy atom. The number of thiocarbonyl (C=S) groups is 1. The molecule has 2 atom stereocenters. The first-order chi connectivity index (χ1) is 16.9. The normalized spacial score (nSPS) is 17.6. The summed E-state index contributed by atoms with van der Waals surface area (Å²) >= 11 is 9.48. The minimum atomic E-state index is -0.0659. The van der Waals surface area contributed by atoms with Crippen LogP contribution in [0.2, 0.25) is 0 Å². The van der Waals surface area contributed by atoms with Crippen LogP contribution in [0.5, 0.6) is 0 Å². The number of nitrogens with zero attached hydrogens (tertiary/aromatic N) is 3. The van der Waals surface area contributed by atoms with Crippen LogP contribution in [0, 0.1) is 20.8 Å². The number of hydrogen-bond acceptors (Lipinski definition) is 2. The van der Waals surface area contributed by atoms with Crippen molar-refractivity contribution in [1.29, 1.82) is 0 Å². The van der Waals surface area contributed by atoms with Gasteiger partial charge in [0, 0.05) is 27.7 Å². The van der Waals surface area contributed by atoms with E-state index in [2.05, 4.69) is 113 Å². The first-order valence-corrected chi connectivity index (χ1v) is 13.1. The number of anilines is 1. The Bertz CT molecular complexity index is 1380. The average molecular weight is 546 g/mol. The lowest BCUT2D eigenvalue weighted by molar-refractivity contribution is 0.565. The quantitative estimate of drug-likeness (QED) is 0.267. The van der Waals surface area contributed by atoms with Gasteiger partial charge in [0.2, 0.25) is 0 Å². The number of nitrogens with one attached hydrogen (secondary N) is 1. The maximum atomic E-state index is 5.91. The lowest BCUT2D eigenvalue weighted by atomic mass is 9.96. The molecule has 35 heavy (non-hydrogen) atoms. The summed E-state index contributed by atoms with van der Waals surface area (Å²) in [7, 11) is 0. The molecule has 0 saturated carbocycles. The number of halogens is 1. The third-order valence-electron chi connectivity index (χ3n) is 6.92. The molecule has 2 aromatic carbocycles. The molecule has 0 spiro atoms. The highest BCUT2D eigenvalue weighted by Gasteiger charge is 2.42. The SMILES string of the molecule is CCc1cccc(C)c1-n1c(C)cc([C@H]2[C@H](c3ccccn3)NC(=S)N2c2ccc(Br)cc2)c1C. The van der Waals surface area contributed by atoms with E-state index in [1.165, 1.54) is 33.8 Å². The molecule has 6 heteroatoms. The molecule has 178 valence electrons. The maximum Gasteiger partial charge on any atom is 0.174 e. The number of benzene rings is 2. The van der Waals surface area contributed by atoms with Crippen molar-refractivity contribution in [2.24, 2.45) is 0 Å². The lowest BCUT2D eigenvalue weighted by Crippen LogP contribution is -2.29. The van der Waals surface area contributed by atoms with Crippen LogP contribution in [-0.2, 0) is 6.42 Å². The maximum absolute atomic E-state index is 5.91. The van der Waals surface area contributed by atoms with Gasteiger partial charge in [0.05, 0.1) is 23.5 Å². The summed E-state index contributed by atoms with van der Waals surface area (Å²) in [5.74, 6) is 0. The minimum Gasteiger partial charge on any atom is -0.351 e. The summed E-state index contributed by atoms with van der Waals surface area (Å²) in [6, 6.07) is 23.2. The number of aryl methyl sites for hydroxylation is 3. The van der Waals surface area contributed by atoms with Crippen LogP contribution >= 0.6 is 28.1 Å². The van der Waals surface area contributed by atoms with Crippen molar-refractivity contribution in [2.75, 3.05) is 4.90 Å². The summed E-state index contributed by atoms with van der Waals surface area (Å²) in [6.45, 7) is 8.84. The van der Waals surface area contributed by atoms with Crippen molar-refractivity contribution in [3.05, 3.63) is 111 Å². The van der Waals surface area contributed by atoms with E-state index < -0.39 is 0 Å². The first kappa shape index (κ1) is 23.8. The molecule has 1 aliphatic rings. The topological polar surface area (TPSA) is 33.1 Å².